The van der Waals surface area contributed by atoms with Crippen molar-refractivity contribution in [3.8, 4) is 5.69 Å². The maximum absolute atomic E-state index is 11.8. The third-order valence-corrected chi connectivity index (χ3v) is 4.65. The summed E-state index contributed by atoms with van der Waals surface area (Å²) in [5.41, 5.74) is 3.96. The number of rotatable bonds is 8. The minimum Gasteiger partial charge on any atom is -0.357 e. The first-order chi connectivity index (χ1) is 14.7. The van der Waals surface area contributed by atoms with Crippen molar-refractivity contribution in [3.63, 3.8) is 0 Å². The number of benzene rings is 2. The van der Waals surface area contributed by atoms with Gasteiger partial charge in [-0.1, -0.05) is 30.3 Å². The maximum Gasteiger partial charge on any atom is 0.251 e. The molecule has 0 atom stereocenters. The van der Waals surface area contributed by atoms with E-state index >= 15 is 0 Å². The first-order valence-electron chi connectivity index (χ1n) is 10.1. The van der Waals surface area contributed by atoms with E-state index in [1.54, 1.807) is 19.6 Å². The molecular weight excluding hydrogens is 503 g/mol. The van der Waals surface area contributed by atoms with E-state index in [4.69, 9.17) is 4.99 Å². The summed E-state index contributed by atoms with van der Waals surface area (Å²) in [6.07, 6.45) is 6.28. The Hall–Kier alpha value is -2.88. The van der Waals surface area contributed by atoms with Gasteiger partial charge in [0.2, 0.25) is 0 Å². The van der Waals surface area contributed by atoms with Crippen molar-refractivity contribution < 1.29 is 4.79 Å². The molecule has 0 spiro atoms. The first kappa shape index (κ1) is 24.4. The fourth-order valence-electron chi connectivity index (χ4n) is 3.14. The summed E-state index contributed by atoms with van der Waals surface area (Å²) in [6, 6.07) is 15.8. The highest BCUT2D eigenvalue weighted by Crippen LogP contribution is 2.15. The quantitative estimate of drug-likeness (QED) is 0.237. The number of imidazole rings is 1. The zero-order valence-corrected chi connectivity index (χ0v) is 20.2. The SMILES string of the molecule is CCNC(=NCc1ccccc1-n1ccnc1)NCCc1cccc(C(=O)NC)c1.I. The molecule has 0 radical (unpaired) electrons. The lowest BCUT2D eigenvalue weighted by Gasteiger charge is -2.13. The number of nitrogens with one attached hydrogen (secondary N) is 3. The van der Waals surface area contributed by atoms with Gasteiger partial charge in [0.25, 0.3) is 5.91 Å². The lowest BCUT2D eigenvalue weighted by molar-refractivity contribution is 0.0963. The molecule has 0 unspecified atom stereocenters. The fourth-order valence-corrected chi connectivity index (χ4v) is 3.14. The lowest BCUT2D eigenvalue weighted by Crippen LogP contribution is -2.38. The summed E-state index contributed by atoms with van der Waals surface area (Å²) in [6.45, 7) is 4.09. The number of carbonyl (C=O) groups excluding carboxylic acids is 1. The summed E-state index contributed by atoms with van der Waals surface area (Å²) in [5.74, 6) is 0.691. The molecule has 3 rings (SSSR count). The molecule has 1 aromatic heterocycles. The monoisotopic (exact) mass is 532 g/mol. The van der Waals surface area contributed by atoms with Crippen LogP contribution in [0.15, 0.2) is 72.2 Å². The van der Waals surface area contributed by atoms with Gasteiger partial charge in [-0.15, -0.1) is 24.0 Å². The minimum atomic E-state index is -0.0729. The van der Waals surface area contributed by atoms with Crippen LogP contribution in [0.5, 0.6) is 0 Å². The van der Waals surface area contributed by atoms with Crippen LogP contribution in [0, 0.1) is 0 Å². The summed E-state index contributed by atoms with van der Waals surface area (Å²) >= 11 is 0. The van der Waals surface area contributed by atoms with Gasteiger partial charge in [-0.2, -0.15) is 0 Å². The smallest absolute Gasteiger partial charge is 0.251 e. The largest absolute Gasteiger partial charge is 0.357 e. The molecule has 0 aliphatic rings. The standard InChI is InChI=1S/C23H28N6O.HI/c1-3-26-23(27-12-11-18-7-6-9-19(15-18)22(30)24-2)28-16-20-8-4-5-10-21(20)29-14-13-25-17-29;/h4-10,13-15,17H,3,11-12,16H2,1-2H3,(H,24,30)(H2,26,27,28);1H. The number of aromatic nitrogens is 2. The molecular formula is C23H29IN6O. The second-order valence-corrected chi connectivity index (χ2v) is 6.75. The van der Waals surface area contributed by atoms with Crippen LogP contribution in [0.25, 0.3) is 5.69 Å². The highest BCUT2D eigenvalue weighted by Gasteiger charge is 2.06. The zero-order chi connectivity index (χ0) is 21.2. The summed E-state index contributed by atoms with van der Waals surface area (Å²) in [4.78, 5) is 20.7. The van der Waals surface area contributed by atoms with Crippen LogP contribution in [0.3, 0.4) is 0 Å². The number of hydrogen-bond acceptors (Lipinski definition) is 3. The van der Waals surface area contributed by atoms with Crippen LogP contribution in [0.1, 0.15) is 28.4 Å². The molecule has 3 aromatic rings. The molecule has 0 saturated carbocycles. The number of para-hydroxylation sites is 1. The molecule has 31 heavy (non-hydrogen) atoms. The van der Waals surface area contributed by atoms with E-state index in [0.29, 0.717) is 18.7 Å². The highest BCUT2D eigenvalue weighted by atomic mass is 127. The molecule has 1 heterocycles. The van der Waals surface area contributed by atoms with Gasteiger partial charge in [0, 0.05) is 38.1 Å². The number of amides is 1. The van der Waals surface area contributed by atoms with Crippen molar-refractivity contribution in [2.24, 2.45) is 4.99 Å². The van der Waals surface area contributed by atoms with Crippen molar-refractivity contribution in [1.29, 1.82) is 0 Å². The van der Waals surface area contributed by atoms with Gasteiger partial charge >= 0.3 is 0 Å². The van der Waals surface area contributed by atoms with E-state index in [0.717, 1.165) is 35.7 Å². The van der Waals surface area contributed by atoms with Crippen molar-refractivity contribution in [2.45, 2.75) is 19.9 Å². The van der Waals surface area contributed by atoms with Crippen molar-refractivity contribution in [2.75, 3.05) is 20.1 Å². The van der Waals surface area contributed by atoms with Crippen molar-refractivity contribution in [3.05, 3.63) is 83.9 Å². The second kappa shape index (κ2) is 12.7. The van der Waals surface area contributed by atoms with Crippen molar-refractivity contribution in [1.82, 2.24) is 25.5 Å². The lowest BCUT2D eigenvalue weighted by atomic mass is 10.1. The Bertz CT molecular complexity index is 987. The number of guanidine groups is 1. The van der Waals surface area contributed by atoms with Gasteiger partial charge < -0.3 is 20.5 Å². The molecule has 0 fully saturated rings. The second-order valence-electron chi connectivity index (χ2n) is 6.75. The molecule has 8 heteroatoms. The molecule has 0 saturated heterocycles. The molecule has 2 aromatic carbocycles. The number of nitrogens with zero attached hydrogens (tertiary/aromatic N) is 3. The molecule has 0 bridgehead atoms. The number of aliphatic imine (C=N–C) groups is 1. The molecule has 0 aliphatic carbocycles. The van der Waals surface area contributed by atoms with Crippen LogP contribution in [-0.4, -0.2) is 41.6 Å². The van der Waals surface area contributed by atoms with Crippen molar-refractivity contribution >= 4 is 35.8 Å². The Labute approximate surface area is 200 Å². The molecule has 7 nitrogen and oxygen atoms in total. The summed E-state index contributed by atoms with van der Waals surface area (Å²) in [5, 5.41) is 9.32. The van der Waals surface area contributed by atoms with E-state index in [-0.39, 0.29) is 29.9 Å². The molecule has 164 valence electrons. The minimum absolute atomic E-state index is 0. The predicted octanol–water partition coefficient (Wildman–Crippen LogP) is 3.15. The Morgan fingerprint density at radius 1 is 1.13 bits per heavy atom. The topological polar surface area (TPSA) is 83.3 Å². The average Bonchev–Trinajstić information content (AvgIpc) is 3.32. The number of hydrogen-bond donors (Lipinski definition) is 3. The van der Waals surface area contributed by atoms with Gasteiger partial charge in [0.05, 0.1) is 18.6 Å². The third-order valence-electron chi connectivity index (χ3n) is 4.65. The maximum atomic E-state index is 11.8. The Kier molecular flexibility index (Phi) is 10.0. The Balaban J connectivity index is 0.00000341. The normalized spacial score (nSPS) is 10.8. The zero-order valence-electron chi connectivity index (χ0n) is 17.8. The number of halogens is 1. The van der Waals surface area contributed by atoms with E-state index < -0.39 is 0 Å². The molecule has 1 amide bonds. The highest BCUT2D eigenvalue weighted by molar-refractivity contribution is 14.0. The average molecular weight is 532 g/mol. The van der Waals surface area contributed by atoms with Gasteiger partial charge in [0.15, 0.2) is 5.96 Å². The van der Waals surface area contributed by atoms with Crippen LogP contribution >= 0.6 is 24.0 Å². The van der Waals surface area contributed by atoms with Gasteiger partial charge in [-0.25, -0.2) is 9.98 Å². The predicted molar refractivity (Wildman–Crippen MR) is 135 cm³/mol. The van der Waals surface area contributed by atoms with Gasteiger partial charge in [-0.3, -0.25) is 4.79 Å². The van der Waals surface area contributed by atoms with Crippen LogP contribution in [0.4, 0.5) is 0 Å². The fraction of sp³-hybridized carbons (Fsp3) is 0.261. The Morgan fingerprint density at radius 3 is 2.71 bits per heavy atom. The first-order valence-corrected chi connectivity index (χ1v) is 10.1. The van der Waals surface area contributed by atoms with Crippen LogP contribution in [0.2, 0.25) is 0 Å². The van der Waals surface area contributed by atoms with Gasteiger partial charge in [0.1, 0.15) is 0 Å². The van der Waals surface area contributed by atoms with Gasteiger partial charge in [-0.05, 0) is 42.7 Å². The third kappa shape index (κ3) is 7.09. The molecule has 3 N–H and O–H groups in total. The Morgan fingerprint density at radius 2 is 1.97 bits per heavy atom. The van der Waals surface area contributed by atoms with Crippen LogP contribution < -0.4 is 16.0 Å². The van der Waals surface area contributed by atoms with E-state index in [9.17, 15) is 4.79 Å². The van der Waals surface area contributed by atoms with E-state index in [1.807, 2.05) is 54.1 Å². The summed E-state index contributed by atoms with van der Waals surface area (Å²) < 4.78 is 1.99. The van der Waals surface area contributed by atoms with Crippen LogP contribution in [-0.2, 0) is 13.0 Å². The number of carbonyl (C=O) groups is 1. The summed E-state index contributed by atoms with van der Waals surface area (Å²) in [7, 11) is 1.64. The molecule has 0 aliphatic heterocycles. The van der Waals surface area contributed by atoms with E-state index in [2.05, 4.69) is 33.1 Å². The van der Waals surface area contributed by atoms with E-state index in [1.165, 1.54) is 0 Å².